The maximum absolute atomic E-state index is 12.3. The Hall–Kier alpha value is -2.21. The van der Waals surface area contributed by atoms with E-state index in [-0.39, 0.29) is 5.91 Å². The van der Waals surface area contributed by atoms with Crippen molar-refractivity contribution in [2.24, 2.45) is 0 Å². The average molecular weight is 272 g/mol. The monoisotopic (exact) mass is 272 g/mol. The molecule has 0 atom stereocenters. The molecule has 1 amide bonds. The molecular weight excluding hydrogens is 260 g/mol. The molecule has 0 bridgehead atoms. The summed E-state index contributed by atoms with van der Waals surface area (Å²) in [7, 11) is 1.80. The van der Waals surface area contributed by atoms with Crippen LogP contribution in [-0.2, 0) is 6.54 Å². The zero-order valence-corrected chi connectivity index (χ0v) is 11.1. The van der Waals surface area contributed by atoms with Gasteiger partial charge in [-0.15, -0.1) is 11.3 Å². The van der Waals surface area contributed by atoms with Crippen LogP contribution in [0.5, 0.6) is 0 Å². The first-order valence-corrected chi connectivity index (χ1v) is 6.70. The Morgan fingerprint density at radius 1 is 1.32 bits per heavy atom. The van der Waals surface area contributed by atoms with Crippen LogP contribution >= 0.6 is 11.3 Å². The fraction of sp³-hybridized carbons (Fsp3) is 0.154. The molecule has 0 aliphatic rings. The van der Waals surface area contributed by atoms with Gasteiger partial charge < -0.3 is 4.90 Å². The molecule has 0 aliphatic carbocycles. The first-order valence-electron chi connectivity index (χ1n) is 5.82. The van der Waals surface area contributed by atoms with E-state index in [0.717, 1.165) is 5.52 Å². The highest BCUT2D eigenvalue weighted by Crippen LogP contribution is 2.15. The molecule has 1 N–H and O–H groups in total. The molecule has 5 nitrogen and oxygen atoms in total. The highest BCUT2D eigenvalue weighted by atomic mass is 32.1. The van der Waals surface area contributed by atoms with Crippen LogP contribution < -0.4 is 0 Å². The minimum absolute atomic E-state index is 0.0155. The van der Waals surface area contributed by atoms with Crippen LogP contribution in [0.3, 0.4) is 0 Å². The first-order chi connectivity index (χ1) is 9.24. The number of thiophene rings is 1. The molecule has 1 aromatic carbocycles. The van der Waals surface area contributed by atoms with Gasteiger partial charge in [0.05, 0.1) is 6.54 Å². The van der Waals surface area contributed by atoms with Gasteiger partial charge in [0.1, 0.15) is 11.0 Å². The molecule has 0 unspecified atom stereocenters. The van der Waals surface area contributed by atoms with Crippen LogP contribution in [-0.4, -0.2) is 33.3 Å². The van der Waals surface area contributed by atoms with Crippen molar-refractivity contribution in [3.8, 4) is 0 Å². The minimum Gasteiger partial charge on any atom is -0.337 e. The Morgan fingerprint density at radius 3 is 2.95 bits per heavy atom. The number of benzene rings is 1. The van der Waals surface area contributed by atoms with Gasteiger partial charge in [-0.2, -0.15) is 15.4 Å². The quantitative estimate of drug-likeness (QED) is 0.795. The zero-order chi connectivity index (χ0) is 13.2. The number of carbonyl (C=O) groups is 1. The van der Waals surface area contributed by atoms with Gasteiger partial charge in [-0.1, -0.05) is 6.07 Å². The normalized spacial score (nSPS) is 10.8. The largest absolute Gasteiger partial charge is 0.337 e. The predicted octanol–water partition coefficient (Wildman–Crippen LogP) is 2.29. The molecule has 2 aromatic heterocycles. The lowest BCUT2D eigenvalue weighted by molar-refractivity contribution is 0.0786. The van der Waals surface area contributed by atoms with Crippen LogP contribution in [0.25, 0.3) is 11.0 Å². The lowest BCUT2D eigenvalue weighted by atomic mass is 10.2. The number of nitrogens with one attached hydrogen (secondary N) is 1. The summed E-state index contributed by atoms with van der Waals surface area (Å²) in [6, 6.07) is 9.34. The third kappa shape index (κ3) is 2.34. The number of hydrogen-bond acceptors (Lipinski definition) is 4. The van der Waals surface area contributed by atoms with Crippen molar-refractivity contribution in [3.05, 3.63) is 46.2 Å². The second-order valence-electron chi connectivity index (χ2n) is 4.27. The Balaban J connectivity index is 1.82. The summed E-state index contributed by atoms with van der Waals surface area (Å²) in [5.41, 5.74) is 2.09. The van der Waals surface area contributed by atoms with Gasteiger partial charge in [0, 0.05) is 17.5 Å². The van der Waals surface area contributed by atoms with Crippen LogP contribution in [0.1, 0.15) is 15.2 Å². The van der Waals surface area contributed by atoms with E-state index in [2.05, 4.69) is 15.4 Å². The number of H-pyrrole nitrogens is 1. The van der Waals surface area contributed by atoms with Crippen LogP contribution in [0.15, 0.2) is 35.7 Å². The van der Waals surface area contributed by atoms with Crippen molar-refractivity contribution in [2.75, 3.05) is 7.05 Å². The molecule has 19 heavy (non-hydrogen) atoms. The molecule has 96 valence electrons. The fourth-order valence-electron chi connectivity index (χ4n) is 1.90. The number of amides is 1. The lowest BCUT2D eigenvalue weighted by Crippen LogP contribution is -2.25. The van der Waals surface area contributed by atoms with Crippen molar-refractivity contribution >= 4 is 28.3 Å². The number of aromatic nitrogens is 3. The summed E-state index contributed by atoms with van der Waals surface area (Å²) < 4.78 is 0. The summed E-state index contributed by atoms with van der Waals surface area (Å²) in [6.45, 7) is 0.618. The van der Waals surface area contributed by atoms with Gasteiger partial charge in [-0.3, -0.25) is 4.79 Å². The Morgan fingerprint density at radius 2 is 2.16 bits per heavy atom. The number of carbonyl (C=O) groups excluding carboxylic acids is 1. The van der Waals surface area contributed by atoms with Crippen molar-refractivity contribution in [3.63, 3.8) is 0 Å². The zero-order valence-electron chi connectivity index (χ0n) is 10.3. The van der Waals surface area contributed by atoms with E-state index in [0.29, 0.717) is 17.6 Å². The lowest BCUT2D eigenvalue weighted by Gasteiger charge is -2.16. The highest BCUT2D eigenvalue weighted by molar-refractivity contribution is 7.09. The average Bonchev–Trinajstić information content (AvgIpc) is 3.07. The highest BCUT2D eigenvalue weighted by Gasteiger charge is 2.13. The SMILES string of the molecule is CN(Cc1cccs1)C(=O)c1ccc2n[nH]nc2c1. The first kappa shape index (κ1) is 11.9. The molecule has 0 saturated heterocycles. The molecule has 0 fully saturated rings. The van der Waals surface area contributed by atoms with E-state index in [4.69, 9.17) is 0 Å². The molecule has 3 aromatic rings. The van der Waals surface area contributed by atoms with Gasteiger partial charge >= 0.3 is 0 Å². The molecule has 0 aliphatic heterocycles. The summed E-state index contributed by atoms with van der Waals surface area (Å²) in [6.07, 6.45) is 0. The summed E-state index contributed by atoms with van der Waals surface area (Å²) in [5, 5.41) is 12.5. The second-order valence-corrected chi connectivity index (χ2v) is 5.30. The van der Waals surface area contributed by atoms with Gasteiger partial charge in [-0.25, -0.2) is 0 Å². The van der Waals surface area contributed by atoms with Crippen molar-refractivity contribution in [2.45, 2.75) is 6.54 Å². The Labute approximate surface area is 113 Å². The summed E-state index contributed by atoms with van der Waals surface area (Å²) in [5.74, 6) is -0.0155. The maximum atomic E-state index is 12.3. The molecule has 0 radical (unpaired) electrons. The van der Waals surface area contributed by atoms with Crippen molar-refractivity contribution in [1.82, 2.24) is 20.3 Å². The van der Waals surface area contributed by atoms with Gasteiger partial charge in [0.25, 0.3) is 5.91 Å². The van der Waals surface area contributed by atoms with E-state index in [1.54, 1.807) is 41.5 Å². The Kier molecular flexibility index (Phi) is 3.00. The molecule has 0 spiro atoms. The number of rotatable bonds is 3. The van der Waals surface area contributed by atoms with E-state index in [1.807, 2.05) is 17.5 Å². The van der Waals surface area contributed by atoms with Crippen LogP contribution in [0.4, 0.5) is 0 Å². The summed E-state index contributed by atoms with van der Waals surface area (Å²) in [4.78, 5) is 15.2. The predicted molar refractivity (Wildman–Crippen MR) is 74.0 cm³/mol. The number of hydrogen-bond donors (Lipinski definition) is 1. The number of fused-ring (bicyclic) bond motifs is 1. The topological polar surface area (TPSA) is 61.9 Å². The fourth-order valence-corrected chi connectivity index (χ4v) is 2.66. The number of aromatic amines is 1. The Bertz CT molecular complexity index is 704. The smallest absolute Gasteiger partial charge is 0.254 e. The molecule has 3 rings (SSSR count). The van der Waals surface area contributed by atoms with E-state index < -0.39 is 0 Å². The molecular formula is C13H12N4OS. The van der Waals surface area contributed by atoms with E-state index in [1.165, 1.54) is 4.88 Å². The molecule has 6 heteroatoms. The standard InChI is InChI=1S/C13H12N4OS/c1-17(8-10-3-2-6-19-10)13(18)9-4-5-11-12(7-9)15-16-14-11/h2-7H,8H2,1H3,(H,14,15,16). The molecule has 0 saturated carbocycles. The minimum atomic E-state index is -0.0155. The van der Waals surface area contributed by atoms with Gasteiger partial charge in [-0.05, 0) is 29.6 Å². The third-order valence-electron chi connectivity index (χ3n) is 2.88. The third-order valence-corrected chi connectivity index (χ3v) is 3.74. The van der Waals surface area contributed by atoms with E-state index >= 15 is 0 Å². The van der Waals surface area contributed by atoms with Crippen molar-refractivity contribution in [1.29, 1.82) is 0 Å². The van der Waals surface area contributed by atoms with Gasteiger partial charge in [0.15, 0.2) is 0 Å². The maximum Gasteiger partial charge on any atom is 0.254 e. The summed E-state index contributed by atoms with van der Waals surface area (Å²) >= 11 is 1.65. The van der Waals surface area contributed by atoms with Crippen LogP contribution in [0.2, 0.25) is 0 Å². The van der Waals surface area contributed by atoms with E-state index in [9.17, 15) is 4.79 Å². The van der Waals surface area contributed by atoms with Crippen LogP contribution in [0, 0.1) is 0 Å². The number of nitrogens with zero attached hydrogens (tertiary/aromatic N) is 3. The van der Waals surface area contributed by atoms with Crippen molar-refractivity contribution < 1.29 is 4.79 Å². The molecule has 2 heterocycles. The van der Waals surface area contributed by atoms with Gasteiger partial charge in [0.2, 0.25) is 0 Å². The second kappa shape index (κ2) is 4.81.